The van der Waals surface area contributed by atoms with Gasteiger partial charge in [-0.15, -0.1) is 10.2 Å². The summed E-state index contributed by atoms with van der Waals surface area (Å²) in [5, 5.41) is 9.24. The van der Waals surface area contributed by atoms with Gasteiger partial charge in [0.2, 0.25) is 0 Å². The van der Waals surface area contributed by atoms with Crippen molar-refractivity contribution in [1.82, 2.24) is 14.8 Å². The second-order valence-electron chi connectivity index (χ2n) is 5.59. The highest BCUT2D eigenvalue weighted by Gasteiger charge is 2.16. The zero-order chi connectivity index (χ0) is 15.1. The first kappa shape index (κ1) is 16.3. The molecule has 0 bridgehead atoms. The minimum atomic E-state index is -0.200. The Labute approximate surface area is 130 Å². The number of aryl methyl sites for hydroxylation is 1. The highest BCUT2D eigenvalue weighted by atomic mass is 32.2. The molecule has 0 aliphatic heterocycles. The number of esters is 1. The SMILES string of the molecule is CCOC(=O)CSc1nnc(CCC2CCCCC2)n1C. The fourth-order valence-electron chi connectivity index (χ4n) is 2.82. The highest BCUT2D eigenvalue weighted by molar-refractivity contribution is 7.99. The monoisotopic (exact) mass is 311 g/mol. The molecule has 1 aliphatic rings. The Morgan fingerprint density at radius 2 is 2.10 bits per heavy atom. The number of hydrogen-bond donors (Lipinski definition) is 0. The molecule has 0 aromatic carbocycles. The van der Waals surface area contributed by atoms with Crippen LogP contribution < -0.4 is 0 Å². The lowest BCUT2D eigenvalue weighted by atomic mass is 9.86. The van der Waals surface area contributed by atoms with Gasteiger partial charge in [-0.25, -0.2) is 0 Å². The molecule has 118 valence electrons. The van der Waals surface area contributed by atoms with Crippen LogP contribution in [0.3, 0.4) is 0 Å². The largest absolute Gasteiger partial charge is 0.465 e. The van der Waals surface area contributed by atoms with Crippen LogP contribution in [0.2, 0.25) is 0 Å². The number of hydrogen-bond acceptors (Lipinski definition) is 5. The molecule has 21 heavy (non-hydrogen) atoms. The third-order valence-corrected chi connectivity index (χ3v) is 5.04. The number of thioether (sulfide) groups is 1. The van der Waals surface area contributed by atoms with Gasteiger partial charge < -0.3 is 9.30 Å². The van der Waals surface area contributed by atoms with Crippen molar-refractivity contribution in [2.75, 3.05) is 12.4 Å². The highest BCUT2D eigenvalue weighted by Crippen LogP contribution is 2.27. The Balaban J connectivity index is 1.80. The van der Waals surface area contributed by atoms with E-state index in [0.717, 1.165) is 23.3 Å². The van der Waals surface area contributed by atoms with Crippen LogP contribution >= 0.6 is 11.8 Å². The zero-order valence-corrected chi connectivity index (χ0v) is 13.8. The summed E-state index contributed by atoms with van der Waals surface area (Å²) in [5.41, 5.74) is 0. The fraction of sp³-hybridized carbons (Fsp3) is 0.800. The first-order valence-corrected chi connectivity index (χ1v) is 8.86. The molecular weight excluding hydrogens is 286 g/mol. The topological polar surface area (TPSA) is 57.0 Å². The van der Waals surface area contributed by atoms with Crippen molar-refractivity contribution in [1.29, 1.82) is 0 Å². The van der Waals surface area contributed by atoms with E-state index in [2.05, 4.69) is 10.2 Å². The van der Waals surface area contributed by atoms with Crippen LogP contribution in [0.4, 0.5) is 0 Å². The molecule has 1 aromatic rings. The molecule has 0 amide bonds. The van der Waals surface area contributed by atoms with Crippen molar-refractivity contribution in [3.63, 3.8) is 0 Å². The van der Waals surface area contributed by atoms with E-state index >= 15 is 0 Å². The summed E-state index contributed by atoms with van der Waals surface area (Å²) in [6.07, 6.45) is 9.07. The van der Waals surface area contributed by atoms with E-state index < -0.39 is 0 Å². The number of ether oxygens (including phenoxy) is 1. The average Bonchev–Trinajstić information content (AvgIpc) is 2.85. The molecule has 1 fully saturated rings. The van der Waals surface area contributed by atoms with Crippen molar-refractivity contribution >= 4 is 17.7 Å². The number of carbonyl (C=O) groups excluding carboxylic acids is 1. The van der Waals surface area contributed by atoms with Crippen LogP contribution in [0.1, 0.15) is 51.3 Å². The molecule has 6 heteroatoms. The molecule has 1 heterocycles. The summed E-state index contributed by atoms with van der Waals surface area (Å²) in [6, 6.07) is 0. The normalized spacial score (nSPS) is 16.1. The molecule has 0 unspecified atom stereocenters. The average molecular weight is 311 g/mol. The summed E-state index contributed by atoms with van der Waals surface area (Å²) in [6.45, 7) is 2.24. The molecule has 2 rings (SSSR count). The summed E-state index contributed by atoms with van der Waals surface area (Å²) >= 11 is 1.39. The van der Waals surface area contributed by atoms with Crippen LogP contribution in [-0.2, 0) is 23.0 Å². The Morgan fingerprint density at radius 1 is 1.33 bits per heavy atom. The van der Waals surface area contributed by atoms with Gasteiger partial charge >= 0.3 is 5.97 Å². The molecule has 1 aliphatic carbocycles. The van der Waals surface area contributed by atoms with E-state index in [1.165, 1.54) is 50.3 Å². The van der Waals surface area contributed by atoms with Gasteiger partial charge in [-0.2, -0.15) is 0 Å². The molecule has 5 nitrogen and oxygen atoms in total. The predicted molar refractivity (Wildman–Crippen MR) is 83.3 cm³/mol. The van der Waals surface area contributed by atoms with E-state index in [-0.39, 0.29) is 5.97 Å². The number of nitrogens with zero attached hydrogens (tertiary/aromatic N) is 3. The summed E-state index contributed by atoms with van der Waals surface area (Å²) in [7, 11) is 1.98. The molecule has 0 N–H and O–H groups in total. The first-order chi connectivity index (χ1) is 10.2. The van der Waals surface area contributed by atoms with Gasteiger partial charge in [-0.05, 0) is 19.3 Å². The molecule has 0 atom stereocenters. The second-order valence-corrected chi connectivity index (χ2v) is 6.54. The van der Waals surface area contributed by atoms with Gasteiger partial charge in [-0.3, -0.25) is 4.79 Å². The van der Waals surface area contributed by atoms with Gasteiger partial charge in [-0.1, -0.05) is 43.9 Å². The lowest BCUT2D eigenvalue weighted by Crippen LogP contribution is -2.10. The van der Waals surface area contributed by atoms with Crippen molar-refractivity contribution < 1.29 is 9.53 Å². The lowest BCUT2D eigenvalue weighted by Gasteiger charge is -2.20. The smallest absolute Gasteiger partial charge is 0.316 e. The summed E-state index contributed by atoms with van der Waals surface area (Å²) in [4.78, 5) is 11.4. The first-order valence-electron chi connectivity index (χ1n) is 7.87. The Bertz CT molecular complexity index is 456. The van der Waals surface area contributed by atoms with Gasteiger partial charge in [0.15, 0.2) is 5.16 Å². The van der Waals surface area contributed by atoms with Gasteiger partial charge in [0, 0.05) is 13.5 Å². The molecule has 0 saturated heterocycles. The van der Waals surface area contributed by atoms with E-state index in [0.29, 0.717) is 12.4 Å². The Hall–Kier alpha value is -1.04. The predicted octanol–water partition coefficient (Wildman–Crippen LogP) is 2.98. The van der Waals surface area contributed by atoms with Crippen molar-refractivity contribution in [2.45, 2.75) is 57.0 Å². The van der Waals surface area contributed by atoms with Crippen LogP contribution in [-0.4, -0.2) is 33.1 Å². The molecular formula is C15H25N3O2S. The molecule has 1 saturated carbocycles. The Kier molecular flexibility index (Phi) is 6.54. The molecule has 0 spiro atoms. The second kappa shape index (κ2) is 8.41. The van der Waals surface area contributed by atoms with Crippen LogP contribution in [0.15, 0.2) is 5.16 Å². The van der Waals surface area contributed by atoms with Crippen LogP contribution in [0.5, 0.6) is 0 Å². The third-order valence-electron chi connectivity index (χ3n) is 4.05. The summed E-state index contributed by atoms with van der Waals surface area (Å²) in [5.74, 6) is 1.97. The maximum Gasteiger partial charge on any atom is 0.316 e. The maximum atomic E-state index is 11.4. The lowest BCUT2D eigenvalue weighted by molar-refractivity contribution is -0.139. The quantitative estimate of drug-likeness (QED) is 0.572. The minimum absolute atomic E-state index is 0.200. The van der Waals surface area contributed by atoms with Crippen molar-refractivity contribution in [3.8, 4) is 0 Å². The van der Waals surface area contributed by atoms with E-state index in [9.17, 15) is 4.79 Å². The third kappa shape index (κ3) is 5.02. The standard InChI is InChI=1S/C15H25N3O2S/c1-3-20-14(19)11-21-15-17-16-13(18(15)2)10-9-12-7-5-4-6-8-12/h12H,3-11H2,1-2H3. The van der Waals surface area contributed by atoms with Crippen molar-refractivity contribution in [2.24, 2.45) is 13.0 Å². The fourth-order valence-corrected chi connectivity index (χ4v) is 3.55. The Morgan fingerprint density at radius 3 is 2.81 bits per heavy atom. The van der Waals surface area contributed by atoms with Crippen molar-refractivity contribution in [3.05, 3.63) is 5.82 Å². The van der Waals surface area contributed by atoms with E-state index in [1.807, 2.05) is 18.5 Å². The number of carbonyl (C=O) groups is 1. The van der Waals surface area contributed by atoms with E-state index in [1.54, 1.807) is 0 Å². The number of rotatable bonds is 7. The molecule has 1 aromatic heterocycles. The van der Waals surface area contributed by atoms with E-state index in [4.69, 9.17) is 4.74 Å². The molecule has 0 radical (unpaired) electrons. The maximum absolute atomic E-state index is 11.4. The van der Waals surface area contributed by atoms with Crippen LogP contribution in [0.25, 0.3) is 0 Å². The minimum Gasteiger partial charge on any atom is -0.465 e. The summed E-state index contributed by atoms with van der Waals surface area (Å²) < 4.78 is 6.93. The number of aromatic nitrogens is 3. The van der Waals surface area contributed by atoms with Gasteiger partial charge in [0.05, 0.1) is 12.4 Å². The van der Waals surface area contributed by atoms with Gasteiger partial charge in [0.1, 0.15) is 5.82 Å². The zero-order valence-electron chi connectivity index (χ0n) is 13.0. The van der Waals surface area contributed by atoms with Crippen LogP contribution in [0, 0.1) is 5.92 Å². The van der Waals surface area contributed by atoms with Gasteiger partial charge in [0.25, 0.3) is 0 Å².